The summed E-state index contributed by atoms with van der Waals surface area (Å²) in [5, 5.41) is 3.51. The number of hydrogen-bond acceptors (Lipinski definition) is 11. The maximum Gasteiger partial charge on any atom is 0.307 e. The maximum atomic E-state index is 13.3. The predicted molar refractivity (Wildman–Crippen MR) is 109 cm³/mol. The topological polar surface area (TPSA) is 172 Å². The molecule has 0 fully saturated rings. The lowest BCUT2D eigenvalue weighted by Crippen LogP contribution is -2.39. The summed E-state index contributed by atoms with van der Waals surface area (Å²) in [6.45, 7) is 1.51. The maximum absolute atomic E-state index is 13.3. The second-order valence-electron chi connectivity index (χ2n) is 6.28. The number of primary amides is 1. The first-order valence-electron chi connectivity index (χ1n) is 8.47. The Bertz CT molecular complexity index is 1240. The van der Waals surface area contributed by atoms with Gasteiger partial charge in [0.15, 0.2) is 5.13 Å². The molecule has 31 heavy (non-hydrogen) atoms. The van der Waals surface area contributed by atoms with Crippen LogP contribution in [0.3, 0.4) is 0 Å². The van der Waals surface area contributed by atoms with E-state index in [1.54, 1.807) is 0 Å². The Morgan fingerprint density at radius 2 is 1.94 bits per heavy atom. The summed E-state index contributed by atoms with van der Waals surface area (Å²) in [6.07, 6.45) is 0.806. The molecule has 1 amide bonds. The first-order valence-corrected chi connectivity index (χ1v) is 11.1. The summed E-state index contributed by atoms with van der Waals surface area (Å²) in [6, 6.07) is 5.30. The molecule has 0 aliphatic carbocycles. The summed E-state index contributed by atoms with van der Waals surface area (Å²) < 4.78 is 45.1. The van der Waals surface area contributed by atoms with Crippen LogP contribution >= 0.6 is 11.3 Å². The minimum absolute atomic E-state index is 0.0548. The highest BCUT2D eigenvalue weighted by Gasteiger charge is 2.29. The third kappa shape index (κ3) is 4.97. The molecule has 0 aliphatic rings. The molecule has 0 unspecified atom stereocenters. The smallest absolute Gasteiger partial charge is 0.307 e. The van der Waals surface area contributed by atoms with Gasteiger partial charge in [-0.2, -0.15) is 8.42 Å². The molecule has 14 heteroatoms. The lowest BCUT2D eigenvalue weighted by atomic mass is 10.2. The zero-order chi connectivity index (χ0) is 22.9. The number of carbonyl (C=O) groups excluding carboxylic acids is 2. The highest BCUT2D eigenvalue weighted by molar-refractivity contribution is 7.86. The van der Waals surface area contributed by atoms with Gasteiger partial charge in [0.1, 0.15) is 22.6 Å². The molecule has 164 valence electrons. The number of nitrogens with two attached hydrogens (primary N) is 2. The van der Waals surface area contributed by atoms with E-state index in [0.717, 1.165) is 23.7 Å². The van der Waals surface area contributed by atoms with Gasteiger partial charge in [0, 0.05) is 5.69 Å². The van der Waals surface area contributed by atoms with E-state index in [1.807, 2.05) is 0 Å². The molecule has 0 radical (unpaired) electrons. The van der Waals surface area contributed by atoms with Crippen LogP contribution in [0, 0.1) is 5.82 Å². The number of halogens is 1. The predicted octanol–water partition coefficient (Wildman–Crippen LogP) is 1.43. The minimum Gasteiger partial charge on any atom is -0.382 e. The van der Waals surface area contributed by atoms with Crippen molar-refractivity contribution in [2.45, 2.75) is 13.0 Å². The Kier molecular flexibility index (Phi) is 5.94. The number of aromatic nitrogens is 2. The van der Waals surface area contributed by atoms with Crippen molar-refractivity contribution in [3.8, 4) is 5.88 Å². The van der Waals surface area contributed by atoms with Crippen molar-refractivity contribution in [3.05, 3.63) is 46.8 Å². The lowest BCUT2D eigenvalue weighted by Gasteiger charge is -2.26. The number of carbonyl (C=O) groups is 2. The Balaban J connectivity index is 1.98. The van der Waals surface area contributed by atoms with Crippen molar-refractivity contribution < 1.29 is 31.1 Å². The van der Waals surface area contributed by atoms with Crippen LogP contribution in [0.1, 0.15) is 22.4 Å². The fraction of sp³-hybridized carbons (Fsp3) is 0.176. The first kappa shape index (κ1) is 22.2. The van der Waals surface area contributed by atoms with Gasteiger partial charge >= 0.3 is 10.1 Å². The molecule has 0 saturated carbocycles. The zero-order valence-corrected chi connectivity index (χ0v) is 17.7. The molecule has 1 atom stereocenters. The fourth-order valence-corrected chi connectivity index (χ4v) is 3.91. The van der Waals surface area contributed by atoms with E-state index in [2.05, 4.69) is 14.3 Å². The number of thiazole rings is 1. The number of rotatable bonds is 8. The minimum atomic E-state index is -3.87. The molecule has 3 rings (SSSR count). The SMILES string of the molecule is C[C@H](C(N)=O)N(c1ccc(F)cc1)c1nc(N)c(C(=O)c2cc(OS(C)(=O)=O)no2)s1. The number of nitrogen functional groups attached to an aromatic ring is 1. The van der Waals surface area contributed by atoms with Gasteiger partial charge < -0.3 is 25.1 Å². The third-order valence-corrected chi connectivity index (χ3v) is 5.45. The van der Waals surface area contributed by atoms with Crippen molar-refractivity contribution in [1.29, 1.82) is 0 Å². The van der Waals surface area contributed by atoms with Gasteiger partial charge in [-0.05, 0) is 36.3 Å². The summed E-state index contributed by atoms with van der Waals surface area (Å²) in [5.74, 6) is -2.84. The second-order valence-corrected chi connectivity index (χ2v) is 8.83. The molecule has 4 N–H and O–H groups in total. The zero-order valence-electron chi connectivity index (χ0n) is 16.1. The standard InChI is InChI=1S/C17H16FN5O6S2/c1-8(16(20)25)23(10-5-3-9(18)4-6-10)17-21-15(19)14(30-17)13(24)11-7-12(22-28-11)29-31(2,26)27/h3-8H,19H2,1-2H3,(H2,20,25)/t8-/m1/s1. The molecule has 3 aromatic rings. The highest BCUT2D eigenvalue weighted by atomic mass is 32.2. The molecular weight excluding hydrogens is 453 g/mol. The van der Waals surface area contributed by atoms with Crippen LogP contribution < -0.4 is 20.6 Å². The summed E-state index contributed by atoms with van der Waals surface area (Å²) in [7, 11) is -3.87. The van der Waals surface area contributed by atoms with E-state index < -0.39 is 39.5 Å². The van der Waals surface area contributed by atoms with Gasteiger partial charge in [0.25, 0.3) is 5.88 Å². The normalized spacial score (nSPS) is 12.4. The number of anilines is 3. The van der Waals surface area contributed by atoms with E-state index in [9.17, 15) is 22.4 Å². The summed E-state index contributed by atoms with van der Waals surface area (Å²) >= 11 is 0.830. The monoisotopic (exact) mass is 469 g/mol. The molecule has 11 nitrogen and oxygen atoms in total. The number of nitrogens with zero attached hydrogens (tertiary/aromatic N) is 3. The van der Waals surface area contributed by atoms with E-state index in [0.29, 0.717) is 5.69 Å². The summed E-state index contributed by atoms with van der Waals surface area (Å²) in [5.41, 5.74) is 11.7. The van der Waals surface area contributed by atoms with Crippen LogP contribution in [0.25, 0.3) is 0 Å². The highest BCUT2D eigenvalue weighted by Crippen LogP contribution is 2.36. The number of ketones is 1. The second kappa shape index (κ2) is 8.31. The molecule has 1 aromatic carbocycles. The molecule has 2 aromatic heterocycles. The molecular formula is C17H16FN5O6S2. The largest absolute Gasteiger partial charge is 0.382 e. The molecule has 0 bridgehead atoms. The quantitative estimate of drug-likeness (QED) is 0.363. The van der Waals surface area contributed by atoms with Gasteiger partial charge in [0.2, 0.25) is 17.5 Å². The van der Waals surface area contributed by atoms with E-state index in [-0.39, 0.29) is 21.6 Å². The van der Waals surface area contributed by atoms with Crippen molar-refractivity contribution in [1.82, 2.24) is 10.1 Å². The average Bonchev–Trinajstić information content (AvgIpc) is 3.28. The number of hydrogen-bond donors (Lipinski definition) is 2. The van der Waals surface area contributed by atoms with Crippen LogP contribution in [0.4, 0.5) is 21.0 Å². The van der Waals surface area contributed by atoms with Crippen molar-refractivity contribution in [3.63, 3.8) is 0 Å². The van der Waals surface area contributed by atoms with Gasteiger partial charge in [-0.25, -0.2) is 9.37 Å². The average molecular weight is 469 g/mol. The Labute approximate surface area is 179 Å². The fourth-order valence-electron chi connectivity index (χ4n) is 2.49. The number of benzene rings is 1. The van der Waals surface area contributed by atoms with Crippen LogP contribution in [0.2, 0.25) is 0 Å². The van der Waals surface area contributed by atoms with Gasteiger partial charge in [-0.15, -0.1) is 0 Å². The van der Waals surface area contributed by atoms with E-state index in [1.165, 1.54) is 36.1 Å². The van der Waals surface area contributed by atoms with Crippen LogP contribution in [-0.2, 0) is 14.9 Å². The molecule has 0 saturated heterocycles. The van der Waals surface area contributed by atoms with E-state index >= 15 is 0 Å². The van der Waals surface area contributed by atoms with Gasteiger partial charge in [-0.3, -0.25) is 9.59 Å². The van der Waals surface area contributed by atoms with Crippen LogP contribution in [0.5, 0.6) is 5.88 Å². The molecule has 0 spiro atoms. The van der Waals surface area contributed by atoms with Gasteiger partial charge in [-0.1, -0.05) is 11.3 Å². The Hall–Kier alpha value is -3.52. The molecule has 0 aliphatic heterocycles. The van der Waals surface area contributed by atoms with Crippen molar-refractivity contribution in [2.75, 3.05) is 16.9 Å². The molecule has 2 heterocycles. The Morgan fingerprint density at radius 1 is 1.29 bits per heavy atom. The lowest BCUT2D eigenvalue weighted by molar-refractivity contribution is -0.118. The first-order chi connectivity index (χ1) is 14.5. The van der Waals surface area contributed by atoms with Gasteiger partial charge in [0.05, 0.1) is 12.3 Å². The van der Waals surface area contributed by atoms with Crippen molar-refractivity contribution in [2.24, 2.45) is 5.73 Å². The van der Waals surface area contributed by atoms with Crippen LogP contribution in [-0.4, -0.2) is 42.5 Å². The van der Waals surface area contributed by atoms with Crippen molar-refractivity contribution >= 4 is 49.8 Å². The summed E-state index contributed by atoms with van der Waals surface area (Å²) in [4.78, 5) is 30.1. The Morgan fingerprint density at radius 3 is 2.52 bits per heavy atom. The van der Waals surface area contributed by atoms with E-state index in [4.69, 9.17) is 16.0 Å². The third-order valence-electron chi connectivity index (χ3n) is 3.91. The van der Waals surface area contributed by atoms with Crippen LogP contribution in [0.15, 0.2) is 34.9 Å². The number of amides is 1.